The Balaban J connectivity index is 2.97. The molecule has 0 radical (unpaired) electrons. The summed E-state index contributed by atoms with van der Waals surface area (Å²) in [6, 6.07) is 9.62. The molecule has 0 fully saturated rings. The smallest absolute Gasteiger partial charge is 0.271 e. The van der Waals surface area contributed by atoms with Gasteiger partial charge in [0.2, 0.25) is 0 Å². The van der Waals surface area contributed by atoms with E-state index in [4.69, 9.17) is 9.47 Å². The van der Waals surface area contributed by atoms with E-state index in [0.717, 1.165) is 12.0 Å². The molecule has 2 atom stereocenters. The molecule has 0 aliphatic rings. The van der Waals surface area contributed by atoms with E-state index in [1.54, 1.807) is 24.3 Å². The van der Waals surface area contributed by atoms with Crippen molar-refractivity contribution in [1.82, 2.24) is 4.31 Å². The van der Waals surface area contributed by atoms with Gasteiger partial charge >= 0.3 is 0 Å². The maximum absolute atomic E-state index is 13.1. The maximum Gasteiger partial charge on any atom is 0.271 e. The second kappa shape index (κ2) is 13.7. The van der Waals surface area contributed by atoms with E-state index in [9.17, 15) is 8.42 Å². The first-order chi connectivity index (χ1) is 14.3. The standard InChI is InChI=1S/C24H31NO4S/c1-6-10-22(3)19-23(4)15-17-25(16-8-7-9-18-29-20-28-5)30(26,27)24-13-11-21(2)12-14-24/h11-14,22-23H,8,16,18-20H2,1-5H3/t22-,23+/m1/s1. The summed E-state index contributed by atoms with van der Waals surface area (Å²) in [5.41, 5.74) is 0.994. The van der Waals surface area contributed by atoms with Gasteiger partial charge in [0, 0.05) is 31.4 Å². The van der Waals surface area contributed by atoms with E-state index in [1.165, 1.54) is 11.4 Å². The van der Waals surface area contributed by atoms with Crippen LogP contribution in [0.2, 0.25) is 0 Å². The zero-order valence-electron chi connectivity index (χ0n) is 18.5. The molecule has 0 aliphatic carbocycles. The van der Waals surface area contributed by atoms with Crippen LogP contribution in [0.15, 0.2) is 29.2 Å². The van der Waals surface area contributed by atoms with Crippen LogP contribution >= 0.6 is 0 Å². The van der Waals surface area contributed by atoms with Crippen molar-refractivity contribution in [3.05, 3.63) is 29.8 Å². The summed E-state index contributed by atoms with van der Waals surface area (Å²) < 4.78 is 37.3. The highest BCUT2D eigenvalue weighted by atomic mass is 32.2. The Labute approximate surface area is 182 Å². The Bertz CT molecular complexity index is 935. The first-order valence-electron chi connectivity index (χ1n) is 9.86. The van der Waals surface area contributed by atoms with E-state index in [0.29, 0.717) is 6.42 Å². The molecule has 0 aliphatic heterocycles. The quantitative estimate of drug-likeness (QED) is 0.260. The maximum atomic E-state index is 13.1. The number of hydrogen-bond acceptors (Lipinski definition) is 4. The van der Waals surface area contributed by atoms with E-state index >= 15 is 0 Å². The molecule has 0 saturated carbocycles. The minimum Gasteiger partial charge on any atom is -0.359 e. The molecule has 1 aromatic rings. The number of rotatable bonds is 9. The van der Waals surface area contributed by atoms with Crippen molar-refractivity contribution in [3.63, 3.8) is 0 Å². The van der Waals surface area contributed by atoms with E-state index in [2.05, 4.69) is 35.6 Å². The molecule has 0 heterocycles. The molecule has 5 nitrogen and oxygen atoms in total. The van der Waals surface area contributed by atoms with Gasteiger partial charge in [0.15, 0.2) is 0 Å². The first kappa shape index (κ1) is 25.6. The minimum atomic E-state index is -3.74. The summed E-state index contributed by atoms with van der Waals surface area (Å²) in [6.07, 6.45) is 1.13. The lowest BCUT2D eigenvalue weighted by molar-refractivity contribution is -0.0166. The van der Waals surface area contributed by atoms with Gasteiger partial charge < -0.3 is 9.47 Å². The van der Waals surface area contributed by atoms with E-state index < -0.39 is 10.0 Å². The Morgan fingerprint density at radius 3 is 2.37 bits per heavy atom. The Morgan fingerprint density at radius 1 is 1.07 bits per heavy atom. The molecule has 30 heavy (non-hydrogen) atoms. The van der Waals surface area contributed by atoms with Crippen LogP contribution in [-0.2, 0) is 19.5 Å². The van der Waals surface area contributed by atoms with E-state index in [1.807, 2.05) is 27.7 Å². The highest BCUT2D eigenvalue weighted by Crippen LogP contribution is 2.17. The van der Waals surface area contributed by atoms with Crippen molar-refractivity contribution in [1.29, 1.82) is 0 Å². The largest absolute Gasteiger partial charge is 0.359 e. The van der Waals surface area contributed by atoms with Gasteiger partial charge in [-0.3, -0.25) is 0 Å². The van der Waals surface area contributed by atoms with Crippen LogP contribution in [0.25, 0.3) is 0 Å². The van der Waals surface area contributed by atoms with Crippen LogP contribution in [-0.4, -0.2) is 39.8 Å². The molecule has 0 bridgehead atoms. The molecule has 0 unspecified atom stereocenters. The zero-order chi connectivity index (χ0) is 22.4. The first-order valence-corrected chi connectivity index (χ1v) is 11.3. The number of hydrogen-bond donors (Lipinski definition) is 0. The molecule has 0 amide bonds. The van der Waals surface area contributed by atoms with Gasteiger partial charge in [0.05, 0.1) is 11.4 Å². The SMILES string of the molecule is CC#C[C@@H](C)C[C@@H](C)C#CN(CCC#CCOCOC)S(=O)(=O)c1ccc(C)cc1. The van der Waals surface area contributed by atoms with Crippen molar-refractivity contribution < 1.29 is 17.9 Å². The van der Waals surface area contributed by atoms with Crippen molar-refractivity contribution in [2.45, 2.75) is 45.4 Å². The molecular formula is C24H31NO4S. The second-order valence-electron chi connectivity index (χ2n) is 6.94. The fourth-order valence-corrected chi connectivity index (χ4v) is 3.86. The second-order valence-corrected chi connectivity index (χ2v) is 8.80. The summed E-state index contributed by atoms with van der Waals surface area (Å²) in [5, 5.41) is 0. The van der Waals surface area contributed by atoms with Crippen molar-refractivity contribution in [3.8, 4) is 35.6 Å². The van der Waals surface area contributed by atoms with Crippen LogP contribution in [0.4, 0.5) is 0 Å². The third kappa shape index (κ3) is 9.38. The average Bonchev–Trinajstić information content (AvgIpc) is 2.69. The highest BCUT2D eigenvalue weighted by Gasteiger charge is 2.21. The summed E-state index contributed by atoms with van der Waals surface area (Å²) in [4.78, 5) is 0.219. The fraction of sp³-hybridized carbons (Fsp3) is 0.500. The number of ether oxygens (including phenoxy) is 2. The molecule has 1 rings (SSSR count). The van der Waals surface area contributed by atoms with Gasteiger partial charge in [-0.15, -0.1) is 11.8 Å². The topological polar surface area (TPSA) is 55.8 Å². The molecule has 162 valence electrons. The Morgan fingerprint density at radius 2 is 1.73 bits per heavy atom. The van der Waals surface area contributed by atoms with Gasteiger partial charge in [0.25, 0.3) is 10.0 Å². The molecule has 0 saturated heterocycles. The Hall–Kier alpha value is -2.43. The lowest BCUT2D eigenvalue weighted by Gasteiger charge is -2.17. The van der Waals surface area contributed by atoms with Crippen molar-refractivity contribution >= 4 is 10.0 Å². The third-order valence-corrected chi connectivity index (χ3v) is 5.80. The summed E-state index contributed by atoms with van der Waals surface area (Å²) in [6.45, 7) is 8.32. The van der Waals surface area contributed by atoms with Gasteiger partial charge in [-0.25, -0.2) is 12.7 Å². The molecule has 6 heteroatoms. The summed E-state index contributed by atoms with van der Waals surface area (Å²) in [5.74, 6) is 15.1. The third-order valence-electron chi connectivity index (χ3n) is 4.08. The van der Waals surface area contributed by atoms with Gasteiger partial charge in [-0.1, -0.05) is 49.3 Å². The summed E-state index contributed by atoms with van der Waals surface area (Å²) in [7, 11) is -2.20. The van der Waals surface area contributed by atoms with E-state index in [-0.39, 0.29) is 36.7 Å². The normalized spacial score (nSPS) is 12.3. The van der Waals surface area contributed by atoms with Crippen LogP contribution in [0.5, 0.6) is 0 Å². The minimum absolute atomic E-state index is 0.0186. The van der Waals surface area contributed by atoms with Gasteiger partial charge in [0.1, 0.15) is 13.4 Å². The molecule has 0 spiro atoms. The lowest BCUT2D eigenvalue weighted by atomic mass is 9.98. The van der Waals surface area contributed by atoms with Crippen LogP contribution in [0, 0.1) is 54.4 Å². The molecule has 0 aromatic heterocycles. The predicted molar refractivity (Wildman–Crippen MR) is 119 cm³/mol. The Kier molecular flexibility index (Phi) is 11.7. The van der Waals surface area contributed by atoms with Gasteiger partial charge in [-0.05, 0) is 32.4 Å². The number of aryl methyl sites for hydroxylation is 1. The fourth-order valence-electron chi connectivity index (χ4n) is 2.62. The monoisotopic (exact) mass is 429 g/mol. The number of methoxy groups -OCH3 is 1. The van der Waals surface area contributed by atoms with Gasteiger partial charge in [-0.2, -0.15) is 0 Å². The zero-order valence-corrected chi connectivity index (χ0v) is 19.3. The van der Waals surface area contributed by atoms with Crippen molar-refractivity contribution in [2.75, 3.05) is 27.1 Å². The lowest BCUT2D eigenvalue weighted by Crippen LogP contribution is -2.27. The van der Waals surface area contributed by atoms with Crippen LogP contribution < -0.4 is 0 Å². The number of sulfonamides is 1. The summed E-state index contributed by atoms with van der Waals surface area (Å²) >= 11 is 0. The number of nitrogens with zero attached hydrogens (tertiary/aromatic N) is 1. The van der Waals surface area contributed by atoms with Crippen LogP contribution in [0.1, 0.15) is 39.2 Å². The molecular weight excluding hydrogens is 398 g/mol. The predicted octanol–water partition coefficient (Wildman–Crippen LogP) is 3.65. The molecule has 0 N–H and O–H groups in total. The van der Waals surface area contributed by atoms with Crippen LogP contribution in [0.3, 0.4) is 0 Å². The van der Waals surface area contributed by atoms with Crippen molar-refractivity contribution in [2.24, 2.45) is 11.8 Å². The average molecular weight is 430 g/mol. The number of benzene rings is 1. The molecule has 1 aromatic carbocycles. The highest BCUT2D eigenvalue weighted by molar-refractivity contribution is 7.89.